The summed E-state index contributed by atoms with van der Waals surface area (Å²) >= 11 is 2.18. The third kappa shape index (κ3) is 10.7. The molecule has 3 aliphatic heterocycles. The van der Waals surface area contributed by atoms with Gasteiger partial charge in [-0.25, -0.2) is 34.3 Å². The van der Waals surface area contributed by atoms with E-state index < -0.39 is 0 Å². The van der Waals surface area contributed by atoms with Crippen molar-refractivity contribution in [2.75, 3.05) is 37.9 Å². The summed E-state index contributed by atoms with van der Waals surface area (Å²) in [6, 6.07) is 22.7. The average Bonchev–Trinajstić information content (AvgIpc) is 4.30. The number of nitrogens with zero attached hydrogens (tertiary/aromatic N) is 9. The highest BCUT2D eigenvalue weighted by Crippen LogP contribution is 2.38. The van der Waals surface area contributed by atoms with E-state index in [4.69, 9.17) is 44.8 Å². The minimum atomic E-state index is -0.313. The maximum atomic E-state index is 6.27. The molecule has 0 unspecified atom stereocenters. The Kier molecular flexibility index (Phi) is 13.7. The van der Waals surface area contributed by atoms with E-state index >= 15 is 0 Å². The van der Waals surface area contributed by atoms with Crippen LogP contribution in [0.25, 0.3) is 55.0 Å². The minimum absolute atomic E-state index is 0.311. The van der Waals surface area contributed by atoms with Crippen molar-refractivity contribution in [3.63, 3.8) is 0 Å². The predicted molar refractivity (Wildman–Crippen MR) is 287 cm³/mol. The first kappa shape index (κ1) is 48.5. The smallest absolute Gasteiger partial charge is 0.490 e. The molecule has 13 rings (SSSR count). The van der Waals surface area contributed by atoms with Gasteiger partial charge in [-0.15, -0.1) is 0 Å². The Balaban J connectivity index is 0.000000122. The Morgan fingerprint density at radius 2 is 1.19 bits per heavy atom. The molecular formula is C53H61BIN11O6. The molecule has 5 aromatic heterocycles. The van der Waals surface area contributed by atoms with Gasteiger partial charge in [-0.2, -0.15) is 10.2 Å². The van der Waals surface area contributed by atoms with Crippen LogP contribution in [0.2, 0.25) is 0 Å². The van der Waals surface area contributed by atoms with Crippen LogP contribution in [0, 0.1) is 15.5 Å². The Bertz CT molecular complexity index is 3220. The summed E-state index contributed by atoms with van der Waals surface area (Å²) in [6.07, 6.45) is 12.6. The van der Waals surface area contributed by atoms with Crippen molar-refractivity contribution in [1.82, 2.24) is 44.5 Å². The second-order valence-corrected chi connectivity index (χ2v) is 21.6. The van der Waals surface area contributed by atoms with E-state index in [0.717, 1.165) is 137 Å². The number of halogens is 1. The van der Waals surface area contributed by atoms with Crippen LogP contribution in [0.4, 0.5) is 11.6 Å². The highest BCUT2D eigenvalue weighted by atomic mass is 127. The molecule has 72 heavy (non-hydrogen) atoms. The molecule has 374 valence electrons. The van der Waals surface area contributed by atoms with E-state index in [1.165, 1.54) is 36.3 Å². The lowest BCUT2D eigenvalue weighted by Crippen LogP contribution is -2.41. The molecule has 0 atom stereocenters. The van der Waals surface area contributed by atoms with Gasteiger partial charge in [0.15, 0.2) is 11.3 Å². The maximum Gasteiger partial charge on any atom is 0.494 e. The Morgan fingerprint density at radius 3 is 1.85 bits per heavy atom. The number of nitrogen functional groups attached to an aromatic ring is 2. The Hall–Kier alpha value is -5.74. The quantitative estimate of drug-likeness (QED) is 0.0970. The number of anilines is 2. The number of benzene rings is 3. The number of rotatable bonds is 10. The summed E-state index contributed by atoms with van der Waals surface area (Å²) in [7, 11) is -0.313. The highest BCUT2D eigenvalue weighted by molar-refractivity contribution is 14.1. The minimum Gasteiger partial charge on any atom is -0.490 e. The van der Waals surface area contributed by atoms with Gasteiger partial charge < -0.3 is 39.7 Å². The van der Waals surface area contributed by atoms with Gasteiger partial charge in [-0.05, 0) is 160 Å². The maximum absolute atomic E-state index is 6.27. The van der Waals surface area contributed by atoms with Crippen LogP contribution < -0.4 is 26.4 Å². The van der Waals surface area contributed by atoms with Gasteiger partial charge >= 0.3 is 7.12 Å². The summed E-state index contributed by atoms with van der Waals surface area (Å²) in [6.45, 7) is 13.3. The van der Waals surface area contributed by atoms with Gasteiger partial charge in [0.1, 0.15) is 45.5 Å². The van der Waals surface area contributed by atoms with Crippen LogP contribution in [-0.4, -0.2) is 101 Å². The second-order valence-electron chi connectivity index (χ2n) is 20.6. The summed E-state index contributed by atoms with van der Waals surface area (Å²) in [4.78, 5) is 21.7. The van der Waals surface area contributed by atoms with Gasteiger partial charge in [0.2, 0.25) is 5.88 Å². The van der Waals surface area contributed by atoms with Gasteiger partial charge in [-0.3, -0.25) is 0 Å². The molecule has 5 fully saturated rings. The molecule has 5 aliphatic rings. The fourth-order valence-corrected chi connectivity index (χ4v) is 10.1. The number of hydrogen-bond acceptors (Lipinski definition) is 15. The van der Waals surface area contributed by atoms with Crippen LogP contribution >= 0.6 is 22.6 Å². The third-order valence-electron chi connectivity index (χ3n) is 14.6. The fourth-order valence-electron chi connectivity index (χ4n) is 9.32. The molecule has 0 radical (unpaired) electrons. The zero-order chi connectivity index (χ0) is 49.6. The topological polar surface area (TPSA) is 208 Å². The summed E-state index contributed by atoms with van der Waals surface area (Å²) in [5.41, 5.74) is 16.9. The van der Waals surface area contributed by atoms with E-state index in [9.17, 15) is 0 Å². The SMILES string of the molecule is CC1(C)OB(c2ccc3cc(OC4CC4)ccc3c2)OC1(C)C.Nc1ncnc2c1c(-c1ccc3nc(OC4CC4)ccc3c1)nn2CC1CCOCC1.Nc1ncnc2c1c(I)nn2CC1CCOCC1. The molecule has 0 amide bonds. The number of hydrogen-bond donors (Lipinski definition) is 2. The summed E-state index contributed by atoms with van der Waals surface area (Å²) in [5, 5.41) is 14.5. The van der Waals surface area contributed by atoms with Gasteiger partial charge in [-0.1, -0.05) is 30.3 Å². The lowest BCUT2D eigenvalue weighted by atomic mass is 9.78. The van der Waals surface area contributed by atoms with Crippen molar-refractivity contribution in [2.24, 2.45) is 11.8 Å². The number of fused-ring (bicyclic) bond motifs is 4. The van der Waals surface area contributed by atoms with Crippen LogP contribution in [0.3, 0.4) is 0 Å². The number of aromatic nitrogens is 9. The normalized spacial score (nSPS) is 19.0. The molecule has 17 nitrogen and oxygen atoms in total. The zero-order valence-corrected chi connectivity index (χ0v) is 43.5. The molecule has 8 aromatic rings. The fraction of sp³-hybridized carbons (Fsp3) is 0.453. The van der Waals surface area contributed by atoms with E-state index in [0.29, 0.717) is 41.6 Å². The van der Waals surface area contributed by atoms with E-state index in [1.54, 1.807) is 0 Å². The van der Waals surface area contributed by atoms with E-state index in [2.05, 4.69) is 123 Å². The van der Waals surface area contributed by atoms with Gasteiger partial charge in [0.05, 0.1) is 33.6 Å². The van der Waals surface area contributed by atoms with E-state index in [1.807, 2.05) is 33.6 Å². The molecule has 4 N–H and O–H groups in total. The lowest BCUT2D eigenvalue weighted by Gasteiger charge is -2.32. The first-order valence-electron chi connectivity index (χ1n) is 25.2. The van der Waals surface area contributed by atoms with Crippen molar-refractivity contribution in [1.29, 1.82) is 0 Å². The molecule has 3 saturated heterocycles. The Labute approximate surface area is 432 Å². The third-order valence-corrected chi connectivity index (χ3v) is 15.3. The Morgan fingerprint density at radius 1 is 0.625 bits per heavy atom. The molecule has 19 heteroatoms. The summed E-state index contributed by atoms with van der Waals surface area (Å²) < 4.78 is 39.6. The van der Waals surface area contributed by atoms with Gasteiger partial charge in [0.25, 0.3) is 0 Å². The standard InChI is InChI=1S/C23H24N6O2.C19H23BO3.C11H14IN5O/c24-22-20-21(28-29(23(20)26-13-25-22)12-14-7-9-30-10-8-14)16-1-5-18-15(11-16)2-6-19(27-18)31-17-3-4-17;1-18(2)19(3,4)23-20(22-18)15-7-5-14-12-17(21-16-9-10-16)8-6-13(14)11-15;12-9-8-10(13)14-6-15-11(8)17(16-9)5-7-1-3-18-4-2-7/h1-2,5-6,11,13-14,17H,3-4,7-10,12H2,(H2,24,25,26);5-8,11-12,16H,9-10H2,1-4H3;6-7H,1-5H2,(H2,13,14,15). The second kappa shape index (κ2) is 20.3. The first-order valence-corrected chi connectivity index (χ1v) is 26.3. The molecule has 0 bridgehead atoms. The molecule has 2 aliphatic carbocycles. The van der Waals surface area contributed by atoms with Crippen molar-refractivity contribution >= 4 is 90.5 Å². The number of pyridine rings is 1. The molecule has 2 saturated carbocycles. The van der Waals surface area contributed by atoms with Crippen molar-refractivity contribution in [3.8, 4) is 22.9 Å². The zero-order valence-electron chi connectivity index (χ0n) is 41.3. The lowest BCUT2D eigenvalue weighted by molar-refractivity contribution is 0.00578. The highest BCUT2D eigenvalue weighted by Gasteiger charge is 2.51. The van der Waals surface area contributed by atoms with Crippen LogP contribution in [0.5, 0.6) is 11.6 Å². The molecular weight excluding hydrogens is 1020 g/mol. The molecule has 8 heterocycles. The van der Waals surface area contributed by atoms with Crippen molar-refractivity contribution in [2.45, 2.75) is 116 Å². The number of nitrogens with two attached hydrogens (primary N) is 2. The summed E-state index contributed by atoms with van der Waals surface area (Å²) in [5.74, 6) is 3.72. The van der Waals surface area contributed by atoms with Gasteiger partial charge in [0, 0.05) is 56.5 Å². The first-order chi connectivity index (χ1) is 34.8. The predicted octanol–water partition coefficient (Wildman–Crippen LogP) is 8.71. The average molecular weight is 1090 g/mol. The molecule has 0 spiro atoms. The largest absolute Gasteiger partial charge is 0.494 e. The van der Waals surface area contributed by atoms with Crippen LogP contribution in [0.15, 0.2) is 79.4 Å². The van der Waals surface area contributed by atoms with E-state index in [-0.39, 0.29) is 18.3 Å². The number of ether oxygens (including phenoxy) is 4. The van der Waals surface area contributed by atoms with Crippen LogP contribution in [-0.2, 0) is 31.9 Å². The molecule has 3 aromatic carbocycles. The van der Waals surface area contributed by atoms with Crippen molar-refractivity contribution < 1.29 is 28.3 Å². The van der Waals surface area contributed by atoms with Crippen LogP contribution in [0.1, 0.15) is 79.1 Å². The monoisotopic (exact) mass is 1090 g/mol. The van der Waals surface area contributed by atoms with Crippen molar-refractivity contribution in [3.05, 3.63) is 83.1 Å².